The number of hydrogen-bond acceptors (Lipinski definition) is 4. The second-order valence-electron chi connectivity index (χ2n) is 7.13. The van der Waals surface area contributed by atoms with Gasteiger partial charge in [-0.2, -0.15) is 0 Å². The van der Waals surface area contributed by atoms with E-state index in [0.717, 1.165) is 0 Å². The van der Waals surface area contributed by atoms with Crippen LogP contribution in [-0.4, -0.2) is 24.3 Å². The molecule has 0 atom stereocenters. The molecule has 2 N–H and O–H groups in total. The van der Waals surface area contributed by atoms with Gasteiger partial charge in [-0.25, -0.2) is 9.40 Å². The van der Waals surface area contributed by atoms with Gasteiger partial charge in [-0.1, -0.05) is 18.2 Å². The lowest BCUT2D eigenvalue weighted by Crippen LogP contribution is -2.35. The Labute approximate surface area is 221 Å². The van der Waals surface area contributed by atoms with Gasteiger partial charge in [0.2, 0.25) is 0 Å². The second-order valence-corrected chi connectivity index (χ2v) is 9.46. The number of amides is 3. The fourth-order valence-corrected chi connectivity index (χ4v) is 5.28. The highest BCUT2D eigenvalue weighted by Gasteiger charge is 2.34. The molecular weight excluding hydrogens is 667 g/mol. The molecule has 34 heavy (non-hydrogen) atoms. The van der Waals surface area contributed by atoms with Gasteiger partial charge >= 0.3 is 0 Å². The molecular formula is C24H16FI2N3O4. The molecule has 3 aromatic rings. The number of nitrogens with one attached hydrogen (secondary N) is 2. The minimum atomic E-state index is -0.489. The van der Waals surface area contributed by atoms with Gasteiger partial charge in [-0.05, 0) is 105 Å². The first-order valence-electron chi connectivity index (χ1n) is 9.91. The van der Waals surface area contributed by atoms with E-state index in [9.17, 15) is 18.8 Å². The van der Waals surface area contributed by atoms with Crippen LogP contribution in [0.2, 0.25) is 0 Å². The predicted molar refractivity (Wildman–Crippen MR) is 142 cm³/mol. The van der Waals surface area contributed by atoms with Crippen LogP contribution in [0.5, 0.6) is 5.75 Å². The van der Waals surface area contributed by atoms with Crippen molar-refractivity contribution in [3.8, 4) is 5.75 Å². The molecule has 0 aliphatic carbocycles. The topological polar surface area (TPSA) is 87.7 Å². The molecule has 1 heterocycles. The standard InChI is InChI=1S/C24H16FI2N3O4/c25-15-6-8-16(9-7-15)28-21(31)13-34-22-19(26)11-14(12-20(22)27)10-18-23(32)29-30(24(18)33)17-4-2-1-3-5-17/h1-12H,13H2,(H,28,31)(H,29,32)/b18-10-. The monoisotopic (exact) mass is 683 g/mol. The Balaban J connectivity index is 1.46. The molecule has 0 radical (unpaired) electrons. The fourth-order valence-electron chi connectivity index (χ4n) is 3.15. The third kappa shape index (κ3) is 5.55. The molecule has 0 bridgehead atoms. The number of benzene rings is 3. The summed E-state index contributed by atoms with van der Waals surface area (Å²) < 4.78 is 20.1. The summed E-state index contributed by atoms with van der Waals surface area (Å²) in [5.74, 6) is -1.21. The summed E-state index contributed by atoms with van der Waals surface area (Å²) in [6, 6.07) is 17.8. The van der Waals surface area contributed by atoms with E-state index in [4.69, 9.17) is 4.74 Å². The number of halogens is 3. The number of carbonyl (C=O) groups excluding carboxylic acids is 3. The zero-order chi connectivity index (χ0) is 24.2. The molecule has 0 saturated carbocycles. The van der Waals surface area contributed by atoms with Crippen LogP contribution >= 0.6 is 45.2 Å². The van der Waals surface area contributed by atoms with Gasteiger partial charge in [0.25, 0.3) is 17.7 Å². The van der Waals surface area contributed by atoms with Gasteiger partial charge in [0.1, 0.15) is 17.1 Å². The van der Waals surface area contributed by atoms with Crippen LogP contribution in [0, 0.1) is 13.0 Å². The number of nitrogens with zero attached hydrogens (tertiary/aromatic N) is 1. The Morgan fingerprint density at radius 1 is 1.03 bits per heavy atom. The number of anilines is 2. The minimum Gasteiger partial charge on any atom is -0.482 e. The molecule has 4 rings (SSSR count). The van der Waals surface area contributed by atoms with Crippen molar-refractivity contribution >= 4 is 80.4 Å². The summed E-state index contributed by atoms with van der Waals surface area (Å²) >= 11 is 4.14. The molecule has 0 unspecified atom stereocenters. The molecule has 1 saturated heterocycles. The molecule has 7 nitrogen and oxygen atoms in total. The molecule has 10 heteroatoms. The Bertz CT molecular complexity index is 1270. The van der Waals surface area contributed by atoms with Gasteiger partial charge in [0, 0.05) is 5.69 Å². The maximum atomic E-state index is 13.0. The van der Waals surface area contributed by atoms with Crippen LogP contribution in [0.15, 0.2) is 72.3 Å². The molecule has 3 aromatic carbocycles. The van der Waals surface area contributed by atoms with Gasteiger partial charge in [0.15, 0.2) is 6.61 Å². The number of rotatable bonds is 6. The van der Waals surface area contributed by atoms with E-state index in [1.165, 1.54) is 35.4 Å². The van der Waals surface area contributed by atoms with E-state index in [1.54, 1.807) is 36.4 Å². The van der Waals surface area contributed by atoms with Crippen LogP contribution in [0.4, 0.5) is 15.8 Å². The van der Waals surface area contributed by atoms with Gasteiger partial charge in [-0.3, -0.25) is 19.8 Å². The summed E-state index contributed by atoms with van der Waals surface area (Å²) in [6.45, 7) is -0.239. The Morgan fingerprint density at radius 3 is 2.32 bits per heavy atom. The lowest BCUT2D eigenvalue weighted by Gasteiger charge is -2.14. The van der Waals surface area contributed by atoms with E-state index in [2.05, 4.69) is 55.9 Å². The highest BCUT2D eigenvalue weighted by Crippen LogP contribution is 2.30. The minimum absolute atomic E-state index is 0.0165. The third-order valence-electron chi connectivity index (χ3n) is 4.71. The predicted octanol–water partition coefficient (Wildman–Crippen LogP) is 4.51. The normalized spacial score (nSPS) is 14.3. The molecule has 1 aliphatic rings. The van der Waals surface area contributed by atoms with Gasteiger partial charge in [0.05, 0.1) is 12.8 Å². The lowest BCUT2D eigenvalue weighted by atomic mass is 10.1. The van der Waals surface area contributed by atoms with Crippen LogP contribution < -0.4 is 20.5 Å². The third-order valence-corrected chi connectivity index (χ3v) is 6.32. The van der Waals surface area contributed by atoms with Crippen molar-refractivity contribution in [3.05, 3.63) is 90.8 Å². The van der Waals surface area contributed by atoms with Crippen LogP contribution in [0.25, 0.3) is 6.08 Å². The number of ether oxygens (including phenoxy) is 1. The van der Waals surface area contributed by atoms with Crippen molar-refractivity contribution in [3.63, 3.8) is 0 Å². The number of carbonyl (C=O) groups is 3. The number of hydrogen-bond donors (Lipinski definition) is 2. The highest BCUT2D eigenvalue weighted by molar-refractivity contribution is 14.1. The molecule has 0 aromatic heterocycles. The van der Waals surface area contributed by atoms with Crippen LogP contribution in [-0.2, 0) is 14.4 Å². The van der Waals surface area contributed by atoms with E-state index in [0.29, 0.717) is 29.8 Å². The van der Waals surface area contributed by atoms with Crippen molar-refractivity contribution in [2.24, 2.45) is 0 Å². The summed E-state index contributed by atoms with van der Waals surface area (Å²) in [7, 11) is 0. The Morgan fingerprint density at radius 2 is 1.68 bits per heavy atom. The van der Waals surface area contributed by atoms with E-state index >= 15 is 0 Å². The largest absolute Gasteiger partial charge is 0.482 e. The first kappa shape index (κ1) is 24.1. The van der Waals surface area contributed by atoms with Gasteiger partial charge in [-0.15, -0.1) is 0 Å². The van der Waals surface area contributed by atoms with Gasteiger partial charge < -0.3 is 10.1 Å². The first-order valence-corrected chi connectivity index (χ1v) is 12.1. The summed E-state index contributed by atoms with van der Waals surface area (Å²) in [6.07, 6.45) is 1.52. The smallest absolute Gasteiger partial charge is 0.282 e. The van der Waals surface area contributed by atoms with Crippen LogP contribution in [0.1, 0.15) is 5.56 Å². The van der Waals surface area contributed by atoms with Crippen LogP contribution in [0.3, 0.4) is 0 Å². The molecule has 1 fully saturated rings. The molecule has 1 aliphatic heterocycles. The fraction of sp³-hybridized carbons (Fsp3) is 0.0417. The van der Waals surface area contributed by atoms with E-state index in [1.807, 2.05) is 6.07 Å². The Kier molecular flexibility index (Phi) is 7.46. The first-order chi connectivity index (χ1) is 16.3. The molecule has 3 amide bonds. The maximum Gasteiger partial charge on any atom is 0.282 e. The summed E-state index contributed by atoms with van der Waals surface area (Å²) in [5, 5.41) is 3.84. The zero-order valence-electron chi connectivity index (χ0n) is 17.3. The van der Waals surface area contributed by atoms with Crippen molar-refractivity contribution in [2.75, 3.05) is 16.9 Å². The van der Waals surface area contributed by atoms with Crippen molar-refractivity contribution in [2.45, 2.75) is 0 Å². The van der Waals surface area contributed by atoms with Crippen molar-refractivity contribution in [1.82, 2.24) is 5.43 Å². The maximum absolute atomic E-state index is 13.0. The lowest BCUT2D eigenvalue weighted by molar-refractivity contribution is -0.118. The van der Waals surface area contributed by atoms with E-state index in [-0.39, 0.29) is 12.2 Å². The Hall–Kier alpha value is -3.00. The quantitative estimate of drug-likeness (QED) is 0.228. The highest BCUT2D eigenvalue weighted by atomic mass is 127. The second kappa shape index (κ2) is 10.5. The summed E-state index contributed by atoms with van der Waals surface area (Å²) in [4.78, 5) is 37.4. The number of para-hydroxylation sites is 1. The summed E-state index contributed by atoms with van der Waals surface area (Å²) in [5.41, 5.74) is 4.26. The molecule has 172 valence electrons. The average molecular weight is 683 g/mol. The number of hydrazine groups is 1. The SMILES string of the molecule is O=C(COc1c(I)cc(/C=C2/C(=O)NN(c3ccccc3)C2=O)cc1I)Nc1ccc(F)cc1. The van der Waals surface area contributed by atoms with E-state index < -0.39 is 23.5 Å². The van der Waals surface area contributed by atoms with Crippen molar-refractivity contribution in [1.29, 1.82) is 0 Å². The van der Waals surface area contributed by atoms with Crippen molar-refractivity contribution < 1.29 is 23.5 Å². The molecule has 0 spiro atoms. The average Bonchev–Trinajstić information content (AvgIpc) is 3.09. The zero-order valence-corrected chi connectivity index (χ0v) is 21.7.